The fourth-order valence-corrected chi connectivity index (χ4v) is 1.75. The van der Waals surface area contributed by atoms with Crippen LogP contribution in [0, 0.1) is 11.5 Å². The third-order valence-corrected chi connectivity index (χ3v) is 2.19. The SMILES string of the molecule is CN(C)Cc1cc(CN(C)C)cc(OC#N)c1. The number of nitriles is 1. The minimum absolute atomic E-state index is 0.615. The van der Waals surface area contributed by atoms with E-state index < -0.39 is 0 Å². The standard InChI is InChI=1S/C13H19N3O/c1-15(2)8-11-5-12(9-16(3)4)7-13(6-11)17-10-14/h5-7H,8-9H2,1-4H3. The van der Waals surface area contributed by atoms with Gasteiger partial charge in [0.2, 0.25) is 0 Å². The van der Waals surface area contributed by atoms with Crippen molar-refractivity contribution in [3.63, 3.8) is 0 Å². The maximum absolute atomic E-state index is 8.57. The monoisotopic (exact) mass is 233 g/mol. The van der Waals surface area contributed by atoms with Crippen molar-refractivity contribution in [2.24, 2.45) is 0 Å². The van der Waals surface area contributed by atoms with Gasteiger partial charge in [-0.1, -0.05) is 6.07 Å². The summed E-state index contributed by atoms with van der Waals surface area (Å²) < 4.78 is 4.92. The molecule has 0 spiro atoms. The highest BCUT2D eigenvalue weighted by molar-refractivity contribution is 5.35. The van der Waals surface area contributed by atoms with Crippen LogP contribution in [0.5, 0.6) is 5.75 Å². The van der Waals surface area contributed by atoms with E-state index in [1.165, 1.54) is 0 Å². The molecule has 4 nitrogen and oxygen atoms in total. The Morgan fingerprint density at radius 1 is 1.00 bits per heavy atom. The summed E-state index contributed by atoms with van der Waals surface area (Å²) in [5.74, 6) is 0.615. The molecule has 0 radical (unpaired) electrons. The van der Waals surface area contributed by atoms with Crippen molar-refractivity contribution in [2.75, 3.05) is 28.2 Å². The van der Waals surface area contributed by atoms with Crippen molar-refractivity contribution in [1.29, 1.82) is 5.26 Å². The molecule has 1 aromatic carbocycles. The molecule has 0 saturated heterocycles. The third-order valence-electron chi connectivity index (χ3n) is 2.19. The molecule has 1 aromatic rings. The van der Waals surface area contributed by atoms with Crippen molar-refractivity contribution < 1.29 is 4.74 Å². The van der Waals surface area contributed by atoms with E-state index in [4.69, 9.17) is 10.00 Å². The van der Waals surface area contributed by atoms with E-state index in [0.717, 1.165) is 24.2 Å². The highest BCUT2D eigenvalue weighted by atomic mass is 16.5. The summed E-state index contributed by atoms with van der Waals surface area (Å²) in [7, 11) is 8.07. The Morgan fingerprint density at radius 3 is 1.82 bits per heavy atom. The molecule has 0 aromatic heterocycles. The highest BCUT2D eigenvalue weighted by Gasteiger charge is 2.04. The molecule has 4 heteroatoms. The summed E-state index contributed by atoms with van der Waals surface area (Å²) in [6, 6.07) is 5.95. The van der Waals surface area contributed by atoms with E-state index in [2.05, 4.69) is 15.9 Å². The molecule has 0 aliphatic carbocycles. The van der Waals surface area contributed by atoms with Crippen molar-refractivity contribution in [3.8, 4) is 12.0 Å². The first-order valence-corrected chi connectivity index (χ1v) is 5.49. The van der Waals surface area contributed by atoms with E-state index in [-0.39, 0.29) is 0 Å². The van der Waals surface area contributed by atoms with Crippen LogP contribution in [-0.4, -0.2) is 38.0 Å². The Labute approximate surface area is 103 Å². The van der Waals surface area contributed by atoms with Crippen LogP contribution in [0.4, 0.5) is 0 Å². The molecule has 0 atom stereocenters. The van der Waals surface area contributed by atoms with Crippen LogP contribution in [0.15, 0.2) is 18.2 Å². The summed E-state index contributed by atoms with van der Waals surface area (Å²) in [6.07, 6.45) is 1.72. The molecule has 0 aliphatic rings. The van der Waals surface area contributed by atoms with Gasteiger partial charge in [-0.05, 0) is 51.5 Å². The Morgan fingerprint density at radius 2 is 1.47 bits per heavy atom. The van der Waals surface area contributed by atoms with Crippen LogP contribution in [0.1, 0.15) is 11.1 Å². The zero-order valence-corrected chi connectivity index (χ0v) is 10.9. The van der Waals surface area contributed by atoms with Gasteiger partial charge in [-0.2, -0.15) is 0 Å². The zero-order chi connectivity index (χ0) is 12.8. The van der Waals surface area contributed by atoms with E-state index in [9.17, 15) is 0 Å². The van der Waals surface area contributed by atoms with Gasteiger partial charge in [-0.15, -0.1) is 5.26 Å². The lowest BCUT2D eigenvalue weighted by Gasteiger charge is -2.14. The lowest BCUT2D eigenvalue weighted by Crippen LogP contribution is -2.13. The van der Waals surface area contributed by atoms with Gasteiger partial charge in [0.1, 0.15) is 5.75 Å². The molecular formula is C13H19N3O. The second-order valence-electron chi connectivity index (χ2n) is 4.65. The second kappa shape index (κ2) is 6.24. The lowest BCUT2D eigenvalue weighted by molar-refractivity contribution is 0.393. The van der Waals surface area contributed by atoms with Crippen LogP contribution in [0.2, 0.25) is 0 Å². The smallest absolute Gasteiger partial charge is 0.292 e. The van der Waals surface area contributed by atoms with Crippen molar-refractivity contribution in [2.45, 2.75) is 13.1 Å². The van der Waals surface area contributed by atoms with Gasteiger partial charge >= 0.3 is 0 Å². The maximum atomic E-state index is 8.57. The molecule has 17 heavy (non-hydrogen) atoms. The van der Waals surface area contributed by atoms with Crippen LogP contribution >= 0.6 is 0 Å². The molecule has 0 amide bonds. The fourth-order valence-electron chi connectivity index (χ4n) is 1.75. The van der Waals surface area contributed by atoms with E-state index >= 15 is 0 Å². The Bertz CT molecular complexity index is 379. The minimum Gasteiger partial charge on any atom is -0.388 e. The number of nitrogens with zero attached hydrogens (tertiary/aromatic N) is 3. The van der Waals surface area contributed by atoms with Gasteiger partial charge in [-0.25, -0.2) is 0 Å². The number of hydrogen-bond donors (Lipinski definition) is 0. The Balaban J connectivity index is 2.96. The number of ether oxygens (including phenoxy) is 1. The van der Waals surface area contributed by atoms with Gasteiger partial charge in [0.05, 0.1) is 0 Å². The Hall–Kier alpha value is -1.57. The number of benzene rings is 1. The third kappa shape index (κ3) is 4.85. The van der Waals surface area contributed by atoms with Gasteiger partial charge in [0, 0.05) is 13.1 Å². The molecule has 0 aliphatic heterocycles. The van der Waals surface area contributed by atoms with E-state index in [0.29, 0.717) is 5.75 Å². The summed E-state index contributed by atoms with van der Waals surface area (Å²) in [5, 5.41) is 8.57. The number of hydrogen-bond acceptors (Lipinski definition) is 4. The van der Waals surface area contributed by atoms with E-state index in [1.54, 1.807) is 6.26 Å². The first-order chi connectivity index (χ1) is 8.01. The van der Waals surface area contributed by atoms with Crippen LogP contribution in [0.25, 0.3) is 0 Å². The summed E-state index contributed by atoms with van der Waals surface area (Å²) in [5.41, 5.74) is 2.30. The normalized spacial score (nSPS) is 10.6. The van der Waals surface area contributed by atoms with Gasteiger partial charge in [0.25, 0.3) is 6.26 Å². The Kier molecular flexibility index (Phi) is 4.95. The molecule has 0 bridgehead atoms. The molecule has 0 saturated carbocycles. The van der Waals surface area contributed by atoms with Gasteiger partial charge < -0.3 is 14.5 Å². The predicted molar refractivity (Wildman–Crippen MR) is 67.5 cm³/mol. The van der Waals surface area contributed by atoms with Crippen LogP contribution in [0.3, 0.4) is 0 Å². The van der Waals surface area contributed by atoms with Gasteiger partial charge in [0.15, 0.2) is 0 Å². The summed E-state index contributed by atoms with van der Waals surface area (Å²) in [6.45, 7) is 1.67. The molecule has 1 rings (SSSR count). The first kappa shape index (κ1) is 13.5. The zero-order valence-electron chi connectivity index (χ0n) is 10.9. The molecule has 0 heterocycles. The molecular weight excluding hydrogens is 214 g/mol. The topological polar surface area (TPSA) is 39.5 Å². The van der Waals surface area contributed by atoms with Crippen LogP contribution < -0.4 is 4.74 Å². The van der Waals surface area contributed by atoms with Gasteiger partial charge in [-0.3, -0.25) is 0 Å². The van der Waals surface area contributed by atoms with Crippen molar-refractivity contribution in [3.05, 3.63) is 29.3 Å². The summed E-state index contributed by atoms with van der Waals surface area (Å²) in [4.78, 5) is 4.18. The largest absolute Gasteiger partial charge is 0.388 e. The first-order valence-electron chi connectivity index (χ1n) is 5.49. The van der Waals surface area contributed by atoms with E-state index in [1.807, 2.05) is 40.3 Å². The highest BCUT2D eigenvalue weighted by Crippen LogP contribution is 2.19. The maximum Gasteiger partial charge on any atom is 0.292 e. The lowest BCUT2D eigenvalue weighted by atomic mass is 10.1. The van der Waals surface area contributed by atoms with Crippen molar-refractivity contribution in [1.82, 2.24) is 9.80 Å². The van der Waals surface area contributed by atoms with Crippen molar-refractivity contribution >= 4 is 0 Å². The molecule has 0 unspecified atom stereocenters. The fraction of sp³-hybridized carbons (Fsp3) is 0.462. The second-order valence-corrected chi connectivity index (χ2v) is 4.65. The summed E-state index contributed by atoms with van der Waals surface area (Å²) >= 11 is 0. The number of rotatable bonds is 5. The molecule has 0 N–H and O–H groups in total. The average molecular weight is 233 g/mol. The molecule has 0 fully saturated rings. The average Bonchev–Trinajstić information content (AvgIpc) is 2.14. The predicted octanol–water partition coefficient (Wildman–Crippen LogP) is 1.67. The quantitative estimate of drug-likeness (QED) is 0.725. The minimum atomic E-state index is 0.615. The van der Waals surface area contributed by atoms with Crippen LogP contribution in [-0.2, 0) is 13.1 Å². The molecule has 92 valence electrons.